The summed E-state index contributed by atoms with van der Waals surface area (Å²) in [6, 6.07) is 4.38. The van der Waals surface area contributed by atoms with Crippen LogP contribution in [0.3, 0.4) is 0 Å². The lowest BCUT2D eigenvalue weighted by atomic mass is 10.0. The molecule has 18 heavy (non-hydrogen) atoms. The Balaban J connectivity index is 1.91. The van der Waals surface area contributed by atoms with Gasteiger partial charge in [0.25, 0.3) is 0 Å². The molecule has 3 nitrogen and oxygen atoms in total. The third kappa shape index (κ3) is 2.88. The summed E-state index contributed by atoms with van der Waals surface area (Å²) in [6.45, 7) is 3.62. The fraction of sp³-hybridized carbons (Fsp3) is 0.500. The van der Waals surface area contributed by atoms with Crippen molar-refractivity contribution < 1.29 is 9.18 Å². The lowest BCUT2D eigenvalue weighted by molar-refractivity contribution is 0.1000. The minimum absolute atomic E-state index is 0.212. The van der Waals surface area contributed by atoms with Gasteiger partial charge in [0, 0.05) is 24.2 Å². The number of carbonyl (C=O) groups is 1. The van der Waals surface area contributed by atoms with Crippen molar-refractivity contribution in [2.45, 2.75) is 32.7 Å². The number of nitrogens with one attached hydrogen (secondary N) is 1. The highest BCUT2D eigenvalue weighted by Gasteiger charge is 2.39. The summed E-state index contributed by atoms with van der Waals surface area (Å²) in [5.74, 6) is -0.975. The predicted molar refractivity (Wildman–Crippen MR) is 68.6 cm³/mol. The number of benzene rings is 1. The molecule has 0 saturated heterocycles. The summed E-state index contributed by atoms with van der Waals surface area (Å²) in [4.78, 5) is 10.9. The average Bonchev–Trinajstić information content (AvgIpc) is 3.11. The Morgan fingerprint density at radius 3 is 2.72 bits per heavy atom. The Labute approximate surface area is 107 Å². The van der Waals surface area contributed by atoms with E-state index in [0.717, 1.165) is 6.54 Å². The minimum atomic E-state index is -0.601. The van der Waals surface area contributed by atoms with Gasteiger partial charge in [0.05, 0.1) is 0 Å². The zero-order valence-electron chi connectivity index (χ0n) is 10.6. The Morgan fingerprint density at radius 2 is 2.22 bits per heavy atom. The molecule has 98 valence electrons. The molecular formula is C14H19FN2O. The first-order valence-corrected chi connectivity index (χ1v) is 6.35. The third-order valence-electron chi connectivity index (χ3n) is 3.86. The first kappa shape index (κ1) is 13.0. The molecule has 1 aliphatic carbocycles. The maximum Gasteiger partial charge on any atom is 0.248 e. The molecular weight excluding hydrogens is 231 g/mol. The van der Waals surface area contributed by atoms with Crippen LogP contribution in [0.15, 0.2) is 18.2 Å². The van der Waals surface area contributed by atoms with Gasteiger partial charge in [-0.1, -0.05) is 13.0 Å². The number of carbonyl (C=O) groups excluding carboxylic acids is 1. The van der Waals surface area contributed by atoms with Crippen molar-refractivity contribution in [2.24, 2.45) is 11.1 Å². The van der Waals surface area contributed by atoms with Crippen LogP contribution >= 0.6 is 0 Å². The van der Waals surface area contributed by atoms with E-state index in [1.807, 2.05) is 0 Å². The smallest absolute Gasteiger partial charge is 0.248 e. The number of hydrogen-bond donors (Lipinski definition) is 2. The second-order valence-corrected chi connectivity index (χ2v) is 5.13. The lowest BCUT2D eigenvalue weighted by Gasteiger charge is -2.13. The Morgan fingerprint density at radius 1 is 1.50 bits per heavy atom. The molecule has 1 amide bonds. The Hall–Kier alpha value is -1.42. The van der Waals surface area contributed by atoms with E-state index >= 15 is 0 Å². The molecule has 4 heteroatoms. The standard InChI is InChI=1S/C14H19FN2O/c1-2-14(5-6-14)9-17-8-11-4-3-10(13(16)18)7-12(11)15/h3-4,7,17H,2,5-6,8-9H2,1H3,(H2,16,18). The average molecular weight is 250 g/mol. The molecule has 3 N–H and O–H groups in total. The van der Waals surface area contributed by atoms with Gasteiger partial charge in [0.1, 0.15) is 5.82 Å². The lowest BCUT2D eigenvalue weighted by Crippen LogP contribution is -2.23. The second-order valence-electron chi connectivity index (χ2n) is 5.13. The molecule has 0 radical (unpaired) electrons. The number of amides is 1. The van der Waals surface area contributed by atoms with Crippen LogP contribution in [0.1, 0.15) is 42.1 Å². The summed E-state index contributed by atoms with van der Waals surface area (Å²) in [5, 5.41) is 3.29. The van der Waals surface area contributed by atoms with Crippen LogP contribution in [0.25, 0.3) is 0 Å². The van der Waals surface area contributed by atoms with E-state index < -0.39 is 5.91 Å². The summed E-state index contributed by atoms with van der Waals surface area (Å²) in [7, 11) is 0. The zero-order valence-corrected chi connectivity index (χ0v) is 10.6. The Kier molecular flexibility index (Phi) is 3.66. The number of halogens is 1. The summed E-state index contributed by atoms with van der Waals surface area (Å²) >= 11 is 0. The highest BCUT2D eigenvalue weighted by molar-refractivity contribution is 5.92. The first-order chi connectivity index (χ1) is 8.56. The van der Waals surface area contributed by atoms with Gasteiger partial charge >= 0.3 is 0 Å². The van der Waals surface area contributed by atoms with Crippen LogP contribution in [0.4, 0.5) is 4.39 Å². The quantitative estimate of drug-likeness (QED) is 0.813. The van der Waals surface area contributed by atoms with Crippen LogP contribution in [-0.2, 0) is 6.54 Å². The maximum atomic E-state index is 13.7. The van der Waals surface area contributed by atoms with E-state index in [0.29, 0.717) is 17.5 Å². The van der Waals surface area contributed by atoms with Gasteiger partial charge in [-0.25, -0.2) is 4.39 Å². The molecule has 0 bridgehead atoms. The molecule has 1 saturated carbocycles. The van der Waals surface area contributed by atoms with Crippen molar-refractivity contribution in [2.75, 3.05) is 6.54 Å². The minimum Gasteiger partial charge on any atom is -0.366 e. The van der Waals surface area contributed by atoms with Crippen molar-refractivity contribution in [3.63, 3.8) is 0 Å². The van der Waals surface area contributed by atoms with E-state index in [2.05, 4.69) is 12.2 Å². The van der Waals surface area contributed by atoms with Gasteiger partial charge in [-0.2, -0.15) is 0 Å². The van der Waals surface area contributed by atoms with Gasteiger partial charge in [-0.15, -0.1) is 0 Å². The molecule has 0 heterocycles. The molecule has 1 fully saturated rings. The predicted octanol–water partition coefficient (Wildman–Crippen LogP) is 2.20. The van der Waals surface area contributed by atoms with Crippen molar-refractivity contribution >= 4 is 5.91 Å². The maximum absolute atomic E-state index is 13.7. The van der Waals surface area contributed by atoms with Gasteiger partial charge in [0.15, 0.2) is 0 Å². The van der Waals surface area contributed by atoms with E-state index in [-0.39, 0.29) is 11.4 Å². The zero-order chi connectivity index (χ0) is 13.2. The molecule has 0 spiro atoms. The van der Waals surface area contributed by atoms with Gasteiger partial charge < -0.3 is 11.1 Å². The van der Waals surface area contributed by atoms with E-state index in [1.54, 1.807) is 12.1 Å². The van der Waals surface area contributed by atoms with Crippen LogP contribution in [0.5, 0.6) is 0 Å². The van der Waals surface area contributed by atoms with Crippen molar-refractivity contribution in [1.29, 1.82) is 0 Å². The topological polar surface area (TPSA) is 55.1 Å². The molecule has 0 atom stereocenters. The van der Waals surface area contributed by atoms with E-state index in [1.165, 1.54) is 25.3 Å². The number of rotatable bonds is 6. The molecule has 1 aliphatic rings. The van der Waals surface area contributed by atoms with Gasteiger partial charge in [-0.3, -0.25) is 4.79 Å². The van der Waals surface area contributed by atoms with Crippen molar-refractivity contribution in [1.82, 2.24) is 5.32 Å². The number of nitrogens with two attached hydrogens (primary N) is 1. The number of hydrogen-bond acceptors (Lipinski definition) is 2. The monoisotopic (exact) mass is 250 g/mol. The second kappa shape index (κ2) is 5.06. The normalized spacial score (nSPS) is 16.6. The Bertz CT molecular complexity index is 455. The van der Waals surface area contributed by atoms with Crippen LogP contribution in [0, 0.1) is 11.2 Å². The highest BCUT2D eigenvalue weighted by Crippen LogP contribution is 2.47. The number of primary amides is 1. The highest BCUT2D eigenvalue weighted by atomic mass is 19.1. The van der Waals surface area contributed by atoms with Gasteiger partial charge in [0.2, 0.25) is 5.91 Å². The summed E-state index contributed by atoms with van der Waals surface area (Å²) in [5.41, 5.74) is 6.33. The SMILES string of the molecule is CCC1(CNCc2ccc(C(N)=O)cc2F)CC1. The van der Waals surface area contributed by atoms with Crippen molar-refractivity contribution in [3.05, 3.63) is 35.1 Å². The first-order valence-electron chi connectivity index (χ1n) is 6.35. The van der Waals surface area contributed by atoms with Crippen LogP contribution in [-0.4, -0.2) is 12.5 Å². The largest absolute Gasteiger partial charge is 0.366 e. The summed E-state index contributed by atoms with van der Waals surface area (Å²) in [6.07, 6.45) is 3.70. The molecule has 2 rings (SSSR count). The molecule has 0 unspecified atom stereocenters. The molecule has 1 aromatic carbocycles. The van der Waals surface area contributed by atoms with Crippen molar-refractivity contribution in [3.8, 4) is 0 Å². The third-order valence-corrected chi connectivity index (χ3v) is 3.86. The fourth-order valence-electron chi connectivity index (χ4n) is 2.14. The molecule has 1 aromatic rings. The van der Waals surface area contributed by atoms with E-state index in [9.17, 15) is 9.18 Å². The van der Waals surface area contributed by atoms with Crippen LogP contribution < -0.4 is 11.1 Å². The molecule has 0 aliphatic heterocycles. The van der Waals surface area contributed by atoms with Gasteiger partial charge in [-0.05, 0) is 36.8 Å². The van der Waals surface area contributed by atoms with E-state index in [4.69, 9.17) is 5.73 Å². The van der Waals surface area contributed by atoms with Crippen LogP contribution in [0.2, 0.25) is 0 Å². The summed E-state index contributed by atoms with van der Waals surface area (Å²) < 4.78 is 13.7. The fourth-order valence-corrected chi connectivity index (χ4v) is 2.14. The molecule has 0 aromatic heterocycles.